The summed E-state index contributed by atoms with van der Waals surface area (Å²) in [5.41, 5.74) is 4.57. The smallest absolute Gasteiger partial charge is 0.339 e. The molecule has 1 aliphatic rings. The maximum Gasteiger partial charge on any atom is 0.339 e. The van der Waals surface area contributed by atoms with Crippen molar-refractivity contribution in [1.82, 2.24) is 16.1 Å². The molecule has 0 saturated heterocycles. The van der Waals surface area contributed by atoms with Crippen LogP contribution in [0.1, 0.15) is 41.6 Å². The summed E-state index contributed by atoms with van der Waals surface area (Å²) in [4.78, 5) is 36.5. The number of hydrazone groups is 1. The number of methoxy groups -OCH3 is 2. The summed E-state index contributed by atoms with van der Waals surface area (Å²) < 4.78 is 26.9. The molecule has 232 valence electrons. The third-order valence-corrected chi connectivity index (χ3v) is 6.70. The fourth-order valence-electron chi connectivity index (χ4n) is 4.33. The number of allylic oxidation sites excluding steroid dienone is 1. The van der Waals surface area contributed by atoms with Crippen LogP contribution >= 0.6 is 11.6 Å². The number of halogens is 1. The average molecular weight is 627 g/mol. The Balaban J connectivity index is 1.39. The summed E-state index contributed by atoms with van der Waals surface area (Å²) in [6, 6.07) is 11.9. The molecule has 0 unspecified atom stereocenters. The van der Waals surface area contributed by atoms with Gasteiger partial charge in [0.25, 0.3) is 0 Å². The highest BCUT2D eigenvalue weighted by Crippen LogP contribution is 2.35. The number of rotatable bonds is 12. The number of carbonyl (C=O) groups is 3. The topological polar surface area (TPSA) is 170 Å². The van der Waals surface area contributed by atoms with Crippen LogP contribution in [0.25, 0.3) is 11.3 Å². The lowest BCUT2D eigenvalue weighted by Crippen LogP contribution is -2.45. The molecule has 1 aromatic heterocycles. The molecular formula is C30H31ClN4O9. The summed E-state index contributed by atoms with van der Waals surface area (Å²) in [5.74, 6) is 0.367. The standard InChI is InChI=1S/C30H31ClN4O9/c1-5-42-24-13-18(27-26(29(38)41-4)16(2)33-30(39)34-27)7-10-23(24)43-15-25(36)35-32-14-19-8-11-22(44-19)17-6-9-21(31)20(12-17)28(37)40-3/h6-14,25,27,35-36H,5,15H2,1-4H3,(H2,33,34,39)/b32-14+/t25-,27+/m1/s1. The lowest BCUT2D eigenvalue weighted by molar-refractivity contribution is -0.136. The zero-order chi connectivity index (χ0) is 31.8. The second-order valence-electron chi connectivity index (χ2n) is 9.30. The molecule has 2 aromatic carbocycles. The van der Waals surface area contributed by atoms with E-state index in [2.05, 4.69) is 21.2 Å². The lowest BCUT2D eigenvalue weighted by Gasteiger charge is -2.28. The summed E-state index contributed by atoms with van der Waals surface area (Å²) in [6.45, 7) is 3.52. The Morgan fingerprint density at radius 1 is 1.09 bits per heavy atom. The van der Waals surface area contributed by atoms with Crippen LogP contribution in [0, 0.1) is 0 Å². The van der Waals surface area contributed by atoms with Gasteiger partial charge in [0.05, 0.1) is 49.2 Å². The monoisotopic (exact) mass is 626 g/mol. The van der Waals surface area contributed by atoms with Gasteiger partial charge in [0.15, 0.2) is 17.7 Å². The molecular weight excluding hydrogens is 596 g/mol. The number of aliphatic hydroxyl groups is 1. The largest absolute Gasteiger partial charge is 0.490 e. The van der Waals surface area contributed by atoms with E-state index in [9.17, 15) is 19.5 Å². The van der Waals surface area contributed by atoms with Gasteiger partial charge in [-0.15, -0.1) is 0 Å². The first-order valence-electron chi connectivity index (χ1n) is 13.4. The number of nitrogens with zero attached hydrogens (tertiary/aromatic N) is 1. The SMILES string of the molecule is CCOc1cc([C@@H]2NC(=O)NC(C)=C2C(=O)OC)ccc1OC[C@@H](O)N/N=C/c1ccc(-c2ccc(Cl)c(C(=O)OC)c2)o1. The molecule has 0 saturated carbocycles. The molecule has 4 rings (SSSR count). The number of ether oxygens (including phenoxy) is 4. The molecule has 2 heterocycles. The van der Waals surface area contributed by atoms with Crippen LogP contribution in [0.3, 0.4) is 0 Å². The van der Waals surface area contributed by atoms with Gasteiger partial charge >= 0.3 is 18.0 Å². The van der Waals surface area contributed by atoms with Crippen LogP contribution in [0.2, 0.25) is 5.02 Å². The van der Waals surface area contributed by atoms with E-state index in [4.69, 9.17) is 35.0 Å². The van der Waals surface area contributed by atoms with Crippen molar-refractivity contribution >= 4 is 35.8 Å². The van der Waals surface area contributed by atoms with Crippen molar-refractivity contribution in [2.75, 3.05) is 27.4 Å². The predicted octanol–water partition coefficient (Wildman–Crippen LogP) is 3.91. The van der Waals surface area contributed by atoms with Gasteiger partial charge in [0.2, 0.25) is 0 Å². The van der Waals surface area contributed by atoms with E-state index in [0.29, 0.717) is 46.5 Å². The molecule has 1 aliphatic heterocycles. The number of aliphatic hydroxyl groups excluding tert-OH is 1. The van der Waals surface area contributed by atoms with Gasteiger partial charge in [-0.1, -0.05) is 17.7 Å². The van der Waals surface area contributed by atoms with Gasteiger partial charge in [-0.25, -0.2) is 14.4 Å². The van der Waals surface area contributed by atoms with Crippen molar-refractivity contribution in [2.45, 2.75) is 26.1 Å². The Kier molecular flexibility index (Phi) is 10.5. The summed E-state index contributed by atoms with van der Waals surface area (Å²) in [6.07, 6.45) is 0.167. The Bertz CT molecular complexity index is 1600. The number of furan rings is 1. The van der Waals surface area contributed by atoms with Crippen LogP contribution in [0.15, 0.2) is 69.3 Å². The second-order valence-corrected chi connectivity index (χ2v) is 9.71. The quantitative estimate of drug-likeness (QED) is 0.100. The normalized spacial score (nSPS) is 15.3. The number of benzene rings is 2. The second kappa shape index (κ2) is 14.4. The molecule has 3 aromatic rings. The number of hydrogen-bond acceptors (Lipinski definition) is 11. The van der Waals surface area contributed by atoms with Crippen LogP contribution in [0.4, 0.5) is 4.79 Å². The number of nitrogens with one attached hydrogen (secondary N) is 3. The van der Waals surface area contributed by atoms with Crippen molar-refractivity contribution in [3.05, 3.63) is 81.7 Å². The van der Waals surface area contributed by atoms with E-state index in [-0.39, 0.29) is 22.8 Å². The number of urea groups is 1. The van der Waals surface area contributed by atoms with Gasteiger partial charge < -0.3 is 39.1 Å². The van der Waals surface area contributed by atoms with Crippen molar-refractivity contribution in [3.8, 4) is 22.8 Å². The van der Waals surface area contributed by atoms with Crippen molar-refractivity contribution in [3.63, 3.8) is 0 Å². The molecule has 0 aliphatic carbocycles. The van der Waals surface area contributed by atoms with Crippen LogP contribution in [-0.2, 0) is 14.3 Å². The van der Waals surface area contributed by atoms with E-state index in [1.54, 1.807) is 62.4 Å². The van der Waals surface area contributed by atoms with Crippen LogP contribution < -0.4 is 25.5 Å². The van der Waals surface area contributed by atoms with Gasteiger partial charge in [0, 0.05) is 11.3 Å². The highest BCUT2D eigenvalue weighted by atomic mass is 35.5. The first kappa shape index (κ1) is 31.9. The minimum absolute atomic E-state index is 0.197. The molecule has 44 heavy (non-hydrogen) atoms. The number of amides is 2. The molecule has 0 fully saturated rings. The van der Waals surface area contributed by atoms with E-state index in [0.717, 1.165) is 0 Å². The highest BCUT2D eigenvalue weighted by Gasteiger charge is 2.32. The zero-order valence-electron chi connectivity index (χ0n) is 24.3. The van der Waals surface area contributed by atoms with Crippen molar-refractivity contribution in [1.29, 1.82) is 0 Å². The fraction of sp³-hybridized carbons (Fsp3) is 0.267. The van der Waals surface area contributed by atoms with Crippen LogP contribution in [-0.4, -0.2) is 63.0 Å². The average Bonchev–Trinajstić information content (AvgIpc) is 3.48. The molecule has 0 spiro atoms. The van der Waals surface area contributed by atoms with Gasteiger partial charge in [-0.3, -0.25) is 5.43 Å². The molecule has 13 nitrogen and oxygen atoms in total. The van der Waals surface area contributed by atoms with Gasteiger partial charge in [-0.2, -0.15) is 5.10 Å². The summed E-state index contributed by atoms with van der Waals surface area (Å²) >= 11 is 6.08. The van der Waals surface area contributed by atoms with Gasteiger partial charge in [0.1, 0.15) is 18.1 Å². The van der Waals surface area contributed by atoms with Crippen molar-refractivity contribution in [2.24, 2.45) is 5.10 Å². The molecule has 4 N–H and O–H groups in total. The molecule has 14 heteroatoms. The summed E-state index contributed by atoms with van der Waals surface area (Å²) in [7, 11) is 2.53. The van der Waals surface area contributed by atoms with E-state index in [1.165, 1.54) is 20.4 Å². The first-order valence-corrected chi connectivity index (χ1v) is 13.7. The molecule has 0 radical (unpaired) electrons. The minimum atomic E-state index is -1.20. The third kappa shape index (κ3) is 7.49. The predicted molar refractivity (Wildman–Crippen MR) is 159 cm³/mol. The number of hydrogen-bond donors (Lipinski definition) is 4. The molecule has 0 bridgehead atoms. The van der Waals surface area contributed by atoms with Gasteiger partial charge in [-0.05, 0) is 61.9 Å². The Hall–Kier alpha value is -5.01. The number of carbonyl (C=O) groups excluding carboxylic acids is 3. The third-order valence-electron chi connectivity index (χ3n) is 6.37. The Morgan fingerprint density at radius 3 is 2.59 bits per heavy atom. The maximum absolute atomic E-state index is 12.4. The molecule has 2 atom stereocenters. The zero-order valence-corrected chi connectivity index (χ0v) is 25.1. The highest BCUT2D eigenvalue weighted by molar-refractivity contribution is 6.33. The lowest BCUT2D eigenvalue weighted by atomic mass is 9.95. The van der Waals surface area contributed by atoms with Crippen molar-refractivity contribution < 1.29 is 42.9 Å². The maximum atomic E-state index is 12.4. The summed E-state index contributed by atoms with van der Waals surface area (Å²) in [5, 5.41) is 19.9. The van der Waals surface area contributed by atoms with Crippen LogP contribution in [0.5, 0.6) is 11.5 Å². The first-order chi connectivity index (χ1) is 21.1. The number of esters is 2. The molecule has 2 amide bonds. The minimum Gasteiger partial charge on any atom is -0.490 e. The van der Waals surface area contributed by atoms with E-state index in [1.807, 2.05) is 0 Å². The Labute approximate surface area is 257 Å². The Morgan fingerprint density at radius 2 is 1.86 bits per heavy atom. The van der Waals surface area contributed by atoms with E-state index < -0.39 is 30.2 Å². The fourth-order valence-corrected chi connectivity index (χ4v) is 4.53. The van der Waals surface area contributed by atoms with E-state index >= 15 is 0 Å².